The minimum atomic E-state index is -0.806. The Labute approximate surface area is 124 Å². The Bertz CT molecular complexity index is 409. The van der Waals surface area contributed by atoms with Crippen LogP contribution < -0.4 is 11.1 Å². The van der Waals surface area contributed by atoms with Crippen molar-refractivity contribution in [3.8, 4) is 0 Å². The van der Waals surface area contributed by atoms with E-state index in [1.807, 2.05) is 0 Å². The van der Waals surface area contributed by atoms with Crippen LogP contribution in [-0.4, -0.2) is 47.5 Å². The molecular formula is C14H25N3O4. The average Bonchev–Trinajstić information content (AvgIpc) is 2.42. The highest BCUT2D eigenvalue weighted by Crippen LogP contribution is 2.21. The number of carbonyl (C=O) groups excluding carboxylic acids is 2. The highest BCUT2D eigenvalue weighted by molar-refractivity contribution is 5.81. The summed E-state index contributed by atoms with van der Waals surface area (Å²) in [5.41, 5.74) is 4.48. The van der Waals surface area contributed by atoms with Crippen molar-refractivity contribution in [1.82, 2.24) is 10.2 Å². The Morgan fingerprint density at radius 1 is 1.38 bits per heavy atom. The second-order valence-electron chi connectivity index (χ2n) is 6.29. The number of rotatable bonds is 6. The van der Waals surface area contributed by atoms with Crippen molar-refractivity contribution in [2.24, 2.45) is 17.1 Å². The number of nitrogens with two attached hydrogens (primary N) is 1. The van der Waals surface area contributed by atoms with Gasteiger partial charge < -0.3 is 21.1 Å². The van der Waals surface area contributed by atoms with E-state index in [1.165, 1.54) is 0 Å². The maximum atomic E-state index is 12.1. The number of nitrogens with zero attached hydrogens (tertiary/aromatic N) is 1. The Morgan fingerprint density at radius 3 is 2.62 bits per heavy atom. The fraction of sp³-hybridized carbons (Fsp3) is 0.786. The van der Waals surface area contributed by atoms with Gasteiger partial charge in [-0.2, -0.15) is 0 Å². The summed E-state index contributed by atoms with van der Waals surface area (Å²) < 4.78 is 0. The number of likely N-dealkylation sites (tertiary alicyclic amines) is 1. The molecule has 0 bridgehead atoms. The Kier molecular flexibility index (Phi) is 5.99. The van der Waals surface area contributed by atoms with Crippen molar-refractivity contribution in [3.63, 3.8) is 0 Å². The number of hydrogen-bond acceptors (Lipinski definition) is 3. The van der Waals surface area contributed by atoms with E-state index in [-0.39, 0.29) is 24.9 Å². The van der Waals surface area contributed by atoms with Gasteiger partial charge in [0.15, 0.2) is 0 Å². The van der Waals surface area contributed by atoms with Crippen LogP contribution in [0.5, 0.6) is 0 Å². The molecule has 7 heteroatoms. The minimum Gasteiger partial charge on any atom is -0.481 e. The lowest BCUT2D eigenvalue weighted by atomic mass is 9.92. The van der Waals surface area contributed by atoms with E-state index in [0.717, 1.165) is 12.8 Å². The highest BCUT2D eigenvalue weighted by Gasteiger charge is 2.28. The van der Waals surface area contributed by atoms with E-state index in [1.54, 1.807) is 18.7 Å². The number of piperidine rings is 1. The predicted molar refractivity (Wildman–Crippen MR) is 77.5 cm³/mol. The SMILES string of the molecule is CC(C)(CNC(=O)N1CCCC(CCC(=O)O)C1)C(N)=O. The molecule has 0 spiro atoms. The lowest BCUT2D eigenvalue weighted by Crippen LogP contribution is -2.49. The number of carboxylic acids is 1. The summed E-state index contributed by atoms with van der Waals surface area (Å²) in [6.07, 6.45) is 2.54. The van der Waals surface area contributed by atoms with Crippen molar-refractivity contribution < 1.29 is 19.5 Å². The molecule has 1 heterocycles. The maximum Gasteiger partial charge on any atom is 0.317 e. The van der Waals surface area contributed by atoms with Gasteiger partial charge in [-0.25, -0.2) is 4.79 Å². The molecule has 0 radical (unpaired) electrons. The van der Waals surface area contributed by atoms with Gasteiger partial charge in [0, 0.05) is 26.1 Å². The monoisotopic (exact) mass is 299 g/mol. The van der Waals surface area contributed by atoms with Crippen molar-refractivity contribution >= 4 is 17.9 Å². The first kappa shape index (κ1) is 17.3. The van der Waals surface area contributed by atoms with Crippen molar-refractivity contribution in [1.29, 1.82) is 0 Å². The number of urea groups is 1. The lowest BCUT2D eigenvalue weighted by Gasteiger charge is -2.33. The van der Waals surface area contributed by atoms with Gasteiger partial charge in [-0.15, -0.1) is 0 Å². The summed E-state index contributed by atoms with van der Waals surface area (Å²) in [6.45, 7) is 4.78. The largest absolute Gasteiger partial charge is 0.481 e. The van der Waals surface area contributed by atoms with E-state index >= 15 is 0 Å². The molecule has 0 aromatic rings. The number of nitrogens with one attached hydrogen (secondary N) is 1. The van der Waals surface area contributed by atoms with E-state index < -0.39 is 17.3 Å². The van der Waals surface area contributed by atoms with Gasteiger partial charge in [0.2, 0.25) is 5.91 Å². The maximum absolute atomic E-state index is 12.1. The first-order valence-electron chi connectivity index (χ1n) is 7.27. The normalized spacial score (nSPS) is 19.1. The van der Waals surface area contributed by atoms with Crippen LogP contribution in [0.15, 0.2) is 0 Å². The minimum absolute atomic E-state index is 0.134. The van der Waals surface area contributed by atoms with Crippen molar-refractivity contribution in [2.45, 2.75) is 39.5 Å². The number of carbonyl (C=O) groups is 3. The summed E-state index contributed by atoms with van der Waals surface area (Å²) in [6, 6.07) is -0.218. The van der Waals surface area contributed by atoms with Crippen LogP contribution in [0.4, 0.5) is 4.79 Å². The zero-order valence-corrected chi connectivity index (χ0v) is 12.7. The van der Waals surface area contributed by atoms with Crippen molar-refractivity contribution in [2.75, 3.05) is 19.6 Å². The second kappa shape index (κ2) is 7.28. The molecular weight excluding hydrogens is 274 g/mol. The fourth-order valence-electron chi connectivity index (χ4n) is 2.31. The molecule has 120 valence electrons. The van der Waals surface area contributed by atoms with Gasteiger partial charge in [-0.3, -0.25) is 9.59 Å². The molecule has 0 aromatic heterocycles. The third-order valence-corrected chi connectivity index (χ3v) is 3.92. The molecule has 0 aromatic carbocycles. The summed E-state index contributed by atoms with van der Waals surface area (Å²) in [4.78, 5) is 35.6. The molecule has 4 N–H and O–H groups in total. The number of carboxylic acid groups (broad SMARTS) is 1. The zero-order chi connectivity index (χ0) is 16.0. The highest BCUT2D eigenvalue weighted by atomic mass is 16.4. The first-order valence-corrected chi connectivity index (χ1v) is 7.27. The molecule has 1 fully saturated rings. The molecule has 0 saturated carbocycles. The van der Waals surface area contributed by atoms with E-state index in [4.69, 9.17) is 10.8 Å². The van der Waals surface area contributed by atoms with E-state index in [0.29, 0.717) is 19.5 Å². The second-order valence-corrected chi connectivity index (χ2v) is 6.29. The molecule has 1 rings (SSSR count). The molecule has 1 aliphatic rings. The summed E-state index contributed by atoms with van der Waals surface area (Å²) in [5.74, 6) is -1.04. The van der Waals surface area contributed by atoms with Gasteiger partial charge in [0.1, 0.15) is 0 Å². The van der Waals surface area contributed by atoms with Crippen LogP contribution in [0.3, 0.4) is 0 Å². The first-order chi connectivity index (χ1) is 9.72. The molecule has 1 saturated heterocycles. The van der Waals surface area contributed by atoms with E-state index in [9.17, 15) is 14.4 Å². The van der Waals surface area contributed by atoms with Crippen LogP contribution in [-0.2, 0) is 9.59 Å². The van der Waals surface area contributed by atoms with Gasteiger partial charge in [-0.1, -0.05) is 0 Å². The van der Waals surface area contributed by atoms with Crippen LogP contribution in [0.1, 0.15) is 39.5 Å². The predicted octanol–water partition coefficient (Wildman–Crippen LogP) is 0.784. The van der Waals surface area contributed by atoms with Crippen LogP contribution >= 0.6 is 0 Å². The van der Waals surface area contributed by atoms with Crippen LogP contribution in [0.25, 0.3) is 0 Å². The number of hydrogen-bond donors (Lipinski definition) is 3. The molecule has 1 unspecified atom stereocenters. The lowest BCUT2D eigenvalue weighted by molar-refractivity contribution is -0.137. The number of aliphatic carboxylic acids is 1. The number of primary amides is 1. The summed E-state index contributed by atoms with van der Waals surface area (Å²) in [5, 5.41) is 11.4. The third-order valence-electron chi connectivity index (χ3n) is 3.92. The van der Waals surface area contributed by atoms with Crippen LogP contribution in [0.2, 0.25) is 0 Å². The Balaban J connectivity index is 2.43. The topological polar surface area (TPSA) is 113 Å². The van der Waals surface area contributed by atoms with Crippen molar-refractivity contribution in [3.05, 3.63) is 0 Å². The Morgan fingerprint density at radius 2 is 2.05 bits per heavy atom. The third kappa shape index (κ3) is 5.61. The van der Waals surface area contributed by atoms with Crippen LogP contribution in [0, 0.1) is 11.3 Å². The molecule has 1 aliphatic heterocycles. The van der Waals surface area contributed by atoms with Gasteiger partial charge in [0.05, 0.1) is 5.41 Å². The quantitative estimate of drug-likeness (QED) is 0.672. The van der Waals surface area contributed by atoms with Gasteiger partial charge in [0.25, 0.3) is 0 Å². The molecule has 1 atom stereocenters. The van der Waals surface area contributed by atoms with Gasteiger partial charge >= 0.3 is 12.0 Å². The molecule has 3 amide bonds. The number of amides is 3. The molecule has 21 heavy (non-hydrogen) atoms. The average molecular weight is 299 g/mol. The zero-order valence-electron chi connectivity index (χ0n) is 12.7. The summed E-state index contributed by atoms with van der Waals surface area (Å²) >= 11 is 0. The smallest absolute Gasteiger partial charge is 0.317 e. The molecule has 0 aliphatic carbocycles. The fourth-order valence-corrected chi connectivity index (χ4v) is 2.31. The Hall–Kier alpha value is -1.79. The standard InChI is InChI=1S/C14H25N3O4/c1-14(2,12(15)20)9-16-13(21)17-7-3-4-10(8-17)5-6-11(18)19/h10H,3-9H2,1-2H3,(H2,15,20)(H,16,21)(H,18,19). The molecule has 7 nitrogen and oxygen atoms in total. The van der Waals surface area contributed by atoms with E-state index in [2.05, 4.69) is 5.32 Å². The van der Waals surface area contributed by atoms with Gasteiger partial charge in [-0.05, 0) is 39.0 Å². The summed E-state index contributed by atoms with van der Waals surface area (Å²) in [7, 11) is 0.